The van der Waals surface area contributed by atoms with E-state index in [1.54, 1.807) is 0 Å². The van der Waals surface area contributed by atoms with Gasteiger partial charge in [0.1, 0.15) is 22.3 Å². The zero-order valence-corrected chi connectivity index (χ0v) is 72.3. The highest BCUT2D eigenvalue weighted by atomic mass is 16.3. The molecule has 6 nitrogen and oxygen atoms in total. The fraction of sp³-hybridized carbons (Fsp3) is 0.0484. The van der Waals surface area contributed by atoms with Crippen molar-refractivity contribution in [2.24, 2.45) is 0 Å². The molecular weight excluding hydrogens is 1580 g/mol. The lowest BCUT2D eigenvalue weighted by atomic mass is 9.81. The average Bonchev–Trinajstić information content (AvgIpc) is 1.53. The predicted molar refractivity (Wildman–Crippen MR) is 545 cm³/mol. The van der Waals surface area contributed by atoms with Crippen LogP contribution in [0.5, 0.6) is 0 Å². The number of para-hydroxylation sites is 8. The number of nitrogens with zero attached hydrogens (tertiary/aromatic N) is 4. The molecule has 0 N–H and O–H groups in total. The minimum absolute atomic E-state index is 0.232. The number of furan rings is 2. The summed E-state index contributed by atoms with van der Waals surface area (Å²) in [6, 6.07) is 163. The second-order valence-corrected chi connectivity index (χ2v) is 35.8. The van der Waals surface area contributed by atoms with Crippen LogP contribution in [0.2, 0.25) is 0 Å². The number of anilines is 6. The van der Waals surface area contributed by atoms with Gasteiger partial charge in [-0.3, -0.25) is 0 Å². The van der Waals surface area contributed by atoms with Crippen molar-refractivity contribution in [2.75, 3.05) is 9.80 Å². The maximum absolute atomic E-state index is 6.46. The molecule has 0 saturated carbocycles. The minimum atomic E-state index is -0.234. The third-order valence-electron chi connectivity index (χ3n) is 27.8. The highest BCUT2D eigenvalue weighted by Crippen LogP contribution is 2.56. The van der Waals surface area contributed by atoms with Crippen molar-refractivity contribution in [3.8, 4) is 89.3 Å². The van der Waals surface area contributed by atoms with E-state index >= 15 is 0 Å². The molecule has 0 unspecified atom stereocenters. The zero-order chi connectivity index (χ0) is 86.5. The van der Waals surface area contributed by atoms with Crippen LogP contribution >= 0.6 is 0 Å². The lowest BCUT2D eigenvalue weighted by molar-refractivity contribution is 0.660. The van der Waals surface area contributed by atoms with E-state index in [0.29, 0.717) is 0 Å². The summed E-state index contributed by atoms with van der Waals surface area (Å²) in [6.45, 7) is 9.54. The van der Waals surface area contributed by atoms with Gasteiger partial charge in [-0.05, 0) is 246 Å². The lowest BCUT2D eigenvalue weighted by Gasteiger charge is -2.29. The van der Waals surface area contributed by atoms with Gasteiger partial charge in [-0.2, -0.15) is 0 Å². The van der Waals surface area contributed by atoms with Crippen LogP contribution in [0.25, 0.3) is 188 Å². The number of fused-ring (bicyclic) bond motifs is 19. The first-order valence-electron chi connectivity index (χ1n) is 45.0. The molecule has 20 aromatic carbocycles. The second kappa shape index (κ2) is 30.1. The number of rotatable bonds is 13. The molecule has 0 radical (unpaired) electrons. The van der Waals surface area contributed by atoms with Crippen molar-refractivity contribution in [1.29, 1.82) is 0 Å². The Bertz CT molecular complexity index is 8640. The van der Waals surface area contributed by atoms with Gasteiger partial charge in [0.05, 0.1) is 27.8 Å². The Kier molecular flexibility index (Phi) is 17.6. The molecule has 614 valence electrons. The standard InChI is InChI=1S/C63H44N2O.C61H42N2O/c1-63(2)57-39-45(44-29-37-60-56(38-44)53-18-9-11-22-59(53)65(60)46-16-7-4-8-17-46)28-35-51(57)52-36-34-49(40-58(52)63)64(47-30-24-42(25-31-47)41-14-5-3-6-15-41)48-32-26-43(27-33-48)50-20-13-21-55-54-19-10-12-23-61(54)66-62(50)55;1-61(2)54-37-42(41-29-35-58-53(36-41)50-19-8-10-23-57(50)63(58)43-16-4-3-5-17-43)28-33-48(54)49-34-32-45(38-55(49)61)62(56-24-12-15-39-14-6-7-18-46(39)56)44-30-26-40(27-31-44)47-21-13-22-52-51-20-9-11-25-59(51)64-60(47)52/h3-40H,1-2H3;3-38H,1-2H3. The van der Waals surface area contributed by atoms with Gasteiger partial charge in [0.15, 0.2) is 0 Å². The third-order valence-corrected chi connectivity index (χ3v) is 27.8. The maximum Gasteiger partial charge on any atom is 0.143 e. The summed E-state index contributed by atoms with van der Waals surface area (Å²) in [4.78, 5) is 4.83. The molecular formula is C124H86N4O2. The first-order valence-corrected chi connectivity index (χ1v) is 45.0. The van der Waals surface area contributed by atoms with E-state index in [4.69, 9.17) is 8.83 Å². The molecule has 26 rings (SSSR count). The fourth-order valence-electron chi connectivity index (χ4n) is 21.3. The zero-order valence-electron chi connectivity index (χ0n) is 72.3. The van der Waals surface area contributed by atoms with Crippen molar-refractivity contribution < 1.29 is 8.83 Å². The molecule has 4 heterocycles. The van der Waals surface area contributed by atoms with Crippen molar-refractivity contribution in [1.82, 2.24) is 9.13 Å². The number of hydrogen-bond acceptors (Lipinski definition) is 4. The van der Waals surface area contributed by atoms with Crippen LogP contribution in [-0.4, -0.2) is 9.13 Å². The van der Waals surface area contributed by atoms with E-state index in [9.17, 15) is 0 Å². The third kappa shape index (κ3) is 12.3. The molecule has 0 bridgehead atoms. The number of benzene rings is 20. The molecule has 0 spiro atoms. The lowest BCUT2D eigenvalue weighted by Crippen LogP contribution is -2.16. The van der Waals surface area contributed by atoms with Crippen molar-refractivity contribution in [3.05, 3.63) is 471 Å². The first-order chi connectivity index (χ1) is 64.0. The Hall–Kier alpha value is -16.5. The maximum atomic E-state index is 6.46. The Morgan fingerprint density at radius 3 is 1.01 bits per heavy atom. The first kappa shape index (κ1) is 75.9. The molecule has 6 heteroatoms. The highest BCUT2D eigenvalue weighted by molar-refractivity contribution is 6.14. The van der Waals surface area contributed by atoms with Gasteiger partial charge in [0.2, 0.25) is 0 Å². The van der Waals surface area contributed by atoms with E-state index in [0.717, 1.165) is 100 Å². The largest absolute Gasteiger partial charge is 0.455 e. The summed E-state index contributed by atoms with van der Waals surface area (Å²) in [6.07, 6.45) is 0. The van der Waals surface area contributed by atoms with Crippen LogP contribution < -0.4 is 9.80 Å². The monoisotopic (exact) mass is 1660 g/mol. The molecule has 2 aliphatic rings. The van der Waals surface area contributed by atoms with Crippen LogP contribution in [0.4, 0.5) is 34.1 Å². The molecule has 0 fully saturated rings. The van der Waals surface area contributed by atoms with Crippen molar-refractivity contribution in [3.63, 3.8) is 0 Å². The molecule has 130 heavy (non-hydrogen) atoms. The van der Waals surface area contributed by atoms with E-state index in [-0.39, 0.29) is 10.8 Å². The van der Waals surface area contributed by atoms with Crippen LogP contribution in [0, 0.1) is 0 Å². The second-order valence-electron chi connectivity index (χ2n) is 35.8. The Morgan fingerprint density at radius 1 is 0.200 bits per heavy atom. The SMILES string of the molecule is CC1(C)c2cc(-c3ccc4c(c3)c3ccccc3n4-c3ccccc3)ccc2-c2ccc(N(c3ccc(-c4cccc5c4oc4ccccc45)cc3)c3cccc4ccccc34)cc21.CC1(C)c2cc(-c3ccc4c(c3)c3ccccc3n4-c3ccccc3)ccc2-c2ccc(N(c3ccc(-c4ccccc4)cc3)c3ccc(-c4cccc5c4oc4ccccc45)cc3)cc21. The summed E-state index contributed by atoms with van der Waals surface area (Å²) in [5.41, 5.74) is 39.3. The van der Waals surface area contributed by atoms with E-state index < -0.39 is 0 Å². The Balaban J connectivity index is 0.000000140. The molecule has 4 aromatic heterocycles. The van der Waals surface area contributed by atoms with Gasteiger partial charge >= 0.3 is 0 Å². The smallest absolute Gasteiger partial charge is 0.143 e. The molecule has 0 aliphatic heterocycles. The predicted octanol–water partition coefficient (Wildman–Crippen LogP) is 34.4. The average molecular weight is 1660 g/mol. The van der Waals surface area contributed by atoms with Crippen molar-refractivity contribution >= 4 is 132 Å². The van der Waals surface area contributed by atoms with Crippen molar-refractivity contribution in [2.45, 2.75) is 38.5 Å². The summed E-state index contributed by atoms with van der Waals surface area (Å²) in [7, 11) is 0. The normalized spacial score (nSPS) is 12.9. The molecule has 0 amide bonds. The van der Waals surface area contributed by atoms with E-state index in [1.165, 1.54) is 144 Å². The quantitative estimate of drug-likeness (QED) is 0.115. The summed E-state index contributed by atoms with van der Waals surface area (Å²) >= 11 is 0. The van der Waals surface area contributed by atoms with Crippen LogP contribution in [0.3, 0.4) is 0 Å². The van der Waals surface area contributed by atoms with Gasteiger partial charge in [0.25, 0.3) is 0 Å². The van der Waals surface area contributed by atoms with Crippen LogP contribution in [-0.2, 0) is 10.8 Å². The van der Waals surface area contributed by atoms with Gasteiger partial charge in [-0.15, -0.1) is 0 Å². The summed E-state index contributed by atoms with van der Waals surface area (Å²) in [5.74, 6) is 0. The van der Waals surface area contributed by atoms with Gasteiger partial charge in [0, 0.05) is 110 Å². The van der Waals surface area contributed by atoms with Gasteiger partial charge in [-0.25, -0.2) is 0 Å². The van der Waals surface area contributed by atoms with Gasteiger partial charge in [-0.1, -0.05) is 325 Å². The molecule has 2 aliphatic carbocycles. The number of aromatic nitrogens is 2. The Labute approximate surface area is 753 Å². The van der Waals surface area contributed by atoms with E-state index in [1.807, 2.05) is 24.3 Å². The minimum Gasteiger partial charge on any atom is -0.455 e. The topological polar surface area (TPSA) is 42.6 Å². The summed E-state index contributed by atoms with van der Waals surface area (Å²) < 4.78 is 17.7. The fourth-order valence-corrected chi connectivity index (χ4v) is 21.3. The molecule has 24 aromatic rings. The van der Waals surface area contributed by atoms with Crippen LogP contribution in [0.15, 0.2) is 458 Å². The van der Waals surface area contributed by atoms with Crippen LogP contribution in [0.1, 0.15) is 49.9 Å². The Morgan fingerprint density at radius 2 is 0.523 bits per heavy atom. The van der Waals surface area contributed by atoms with Gasteiger partial charge < -0.3 is 27.8 Å². The van der Waals surface area contributed by atoms with E-state index in [2.05, 4.69) is 471 Å². The molecule has 0 saturated heterocycles. The number of hydrogen-bond donors (Lipinski definition) is 0. The highest BCUT2D eigenvalue weighted by Gasteiger charge is 2.39. The summed E-state index contributed by atoms with van der Waals surface area (Å²) in [5, 5.41) is 12.0. The molecule has 0 atom stereocenters.